The molecule has 4 heterocycles. The smallest absolute Gasteiger partial charge is 0.335 e. The van der Waals surface area contributed by atoms with Crippen LogP contribution in [0.1, 0.15) is 33.5 Å². The lowest BCUT2D eigenvalue weighted by molar-refractivity contribution is -0.142. The van der Waals surface area contributed by atoms with Crippen LogP contribution < -0.4 is 0 Å². The summed E-state index contributed by atoms with van der Waals surface area (Å²) in [5.41, 5.74) is 0.397. The number of carbonyl (C=O) groups is 1. The average molecular weight is 578 g/mol. The van der Waals surface area contributed by atoms with Crippen molar-refractivity contribution in [2.75, 3.05) is 26.2 Å². The highest BCUT2D eigenvalue weighted by Crippen LogP contribution is 2.34. The van der Waals surface area contributed by atoms with Gasteiger partial charge in [0, 0.05) is 48.1 Å². The number of aromatic nitrogens is 3. The van der Waals surface area contributed by atoms with Crippen molar-refractivity contribution in [1.29, 1.82) is 0 Å². The number of halogens is 4. The molecule has 1 aliphatic heterocycles. The Balaban J connectivity index is 1.37. The van der Waals surface area contributed by atoms with E-state index in [0.29, 0.717) is 31.1 Å². The van der Waals surface area contributed by atoms with Gasteiger partial charge in [-0.15, -0.1) is 11.3 Å². The fourth-order valence-electron chi connectivity index (χ4n) is 4.25. The maximum Gasteiger partial charge on any atom is 0.433 e. The zero-order chi connectivity index (χ0) is 25.4. The molecule has 11 heteroatoms. The molecule has 0 spiro atoms. The van der Waals surface area contributed by atoms with E-state index in [2.05, 4.69) is 37.0 Å². The van der Waals surface area contributed by atoms with Crippen LogP contribution in [0.2, 0.25) is 0 Å². The number of amides is 1. The minimum Gasteiger partial charge on any atom is -0.335 e. The Labute approximate surface area is 218 Å². The number of hydrogen-bond donors (Lipinski definition) is 0. The molecule has 6 nitrogen and oxygen atoms in total. The highest BCUT2D eigenvalue weighted by atomic mass is 79.9. The molecule has 0 bridgehead atoms. The van der Waals surface area contributed by atoms with Gasteiger partial charge in [-0.05, 0) is 36.2 Å². The maximum atomic E-state index is 13.9. The van der Waals surface area contributed by atoms with Gasteiger partial charge in [-0.1, -0.05) is 41.1 Å². The Morgan fingerprint density at radius 2 is 1.83 bits per heavy atom. The van der Waals surface area contributed by atoms with E-state index in [1.165, 1.54) is 17.4 Å². The van der Waals surface area contributed by atoms with Crippen LogP contribution in [0.5, 0.6) is 0 Å². The van der Waals surface area contributed by atoms with E-state index in [4.69, 9.17) is 0 Å². The summed E-state index contributed by atoms with van der Waals surface area (Å²) in [4.78, 5) is 23.2. The second-order valence-electron chi connectivity index (χ2n) is 8.60. The Kier molecular flexibility index (Phi) is 6.88. The molecule has 1 amide bonds. The number of aryl methyl sites for hydroxylation is 1. The molecule has 3 aromatic heterocycles. The minimum absolute atomic E-state index is 0.00203. The van der Waals surface area contributed by atoms with Crippen molar-refractivity contribution in [2.24, 2.45) is 0 Å². The molecule has 1 aliphatic rings. The Hall–Kier alpha value is -2.76. The molecule has 0 saturated carbocycles. The van der Waals surface area contributed by atoms with E-state index in [1.807, 2.05) is 31.2 Å². The van der Waals surface area contributed by atoms with Crippen LogP contribution in [0.4, 0.5) is 13.2 Å². The molecular formula is C25H23BrF3N5OS. The molecular weight excluding hydrogens is 555 g/mol. The Morgan fingerprint density at radius 1 is 1.08 bits per heavy atom. The standard InChI is InChI=1S/C25H23BrF3N5OS/c1-2-17-7-8-21(36-17)19-13-22(25(27,28)29)34-23(30-19)14-20(31-34)24(35)33-11-9-32(10-12-33)15-16-5-3-4-6-18(16)26/h3-8,13-14H,2,9-12,15H2,1H3. The average Bonchev–Trinajstić information content (AvgIpc) is 3.51. The van der Waals surface area contributed by atoms with Gasteiger partial charge in [-0.25, -0.2) is 9.50 Å². The van der Waals surface area contributed by atoms with Crippen LogP contribution in [0.15, 0.2) is 53.0 Å². The molecule has 0 N–H and O–H groups in total. The van der Waals surface area contributed by atoms with E-state index < -0.39 is 11.9 Å². The highest BCUT2D eigenvalue weighted by Gasteiger charge is 2.36. The summed E-state index contributed by atoms with van der Waals surface area (Å²) >= 11 is 4.97. The third-order valence-electron chi connectivity index (χ3n) is 6.21. The molecule has 0 atom stereocenters. The number of carbonyl (C=O) groups excluding carboxylic acids is 1. The normalized spacial score (nSPS) is 15.1. The first-order valence-corrected chi connectivity index (χ1v) is 13.2. The molecule has 0 aliphatic carbocycles. The lowest BCUT2D eigenvalue weighted by Crippen LogP contribution is -2.48. The van der Waals surface area contributed by atoms with Crippen LogP contribution >= 0.6 is 27.3 Å². The zero-order valence-electron chi connectivity index (χ0n) is 19.4. The van der Waals surface area contributed by atoms with E-state index in [0.717, 1.165) is 38.5 Å². The maximum absolute atomic E-state index is 13.9. The van der Waals surface area contributed by atoms with Gasteiger partial charge in [0.25, 0.3) is 5.91 Å². The molecule has 4 aromatic rings. The van der Waals surface area contributed by atoms with Gasteiger partial charge < -0.3 is 4.90 Å². The van der Waals surface area contributed by atoms with Crippen molar-refractivity contribution in [2.45, 2.75) is 26.1 Å². The van der Waals surface area contributed by atoms with Crippen LogP contribution in [-0.4, -0.2) is 56.5 Å². The monoisotopic (exact) mass is 577 g/mol. The third kappa shape index (κ3) is 5.05. The van der Waals surface area contributed by atoms with Gasteiger partial charge in [-0.2, -0.15) is 18.3 Å². The van der Waals surface area contributed by atoms with Gasteiger partial charge in [0.05, 0.1) is 10.6 Å². The van der Waals surface area contributed by atoms with Gasteiger partial charge in [0.15, 0.2) is 17.0 Å². The Morgan fingerprint density at radius 3 is 2.50 bits per heavy atom. The highest BCUT2D eigenvalue weighted by molar-refractivity contribution is 9.10. The first-order valence-electron chi connectivity index (χ1n) is 11.5. The Bertz CT molecular complexity index is 1410. The van der Waals surface area contributed by atoms with Gasteiger partial charge in [-0.3, -0.25) is 9.69 Å². The van der Waals surface area contributed by atoms with Crippen molar-refractivity contribution in [1.82, 2.24) is 24.4 Å². The molecule has 0 radical (unpaired) electrons. The van der Waals surface area contributed by atoms with E-state index in [-0.39, 0.29) is 22.9 Å². The summed E-state index contributed by atoms with van der Waals surface area (Å²) in [7, 11) is 0. The van der Waals surface area contributed by atoms with E-state index >= 15 is 0 Å². The fraction of sp³-hybridized carbons (Fsp3) is 0.320. The number of hydrogen-bond acceptors (Lipinski definition) is 5. The van der Waals surface area contributed by atoms with Crippen LogP contribution in [0.25, 0.3) is 16.2 Å². The largest absolute Gasteiger partial charge is 0.433 e. The SMILES string of the molecule is CCc1ccc(-c2cc(C(F)(F)F)n3nc(C(=O)N4CCN(Cc5ccccc5Br)CC4)cc3n2)s1. The van der Waals surface area contributed by atoms with Gasteiger partial charge >= 0.3 is 6.18 Å². The second-order valence-corrected chi connectivity index (χ2v) is 10.6. The molecule has 0 unspecified atom stereocenters. The van der Waals surface area contributed by atoms with E-state index in [1.54, 1.807) is 11.0 Å². The first kappa shape index (κ1) is 24.9. The summed E-state index contributed by atoms with van der Waals surface area (Å²) < 4.78 is 43.5. The van der Waals surface area contributed by atoms with Crippen molar-refractivity contribution in [3.8, 4) is 10.6 Å². The van der Waals surface area contributed by atoms with Crippen LogP contribution in [-0.2, 0) is 19.1 Å². The van der Waals surface area contributed by atoms with Gasteiger partial charge in [0.2, 0.25) is 0 Å². The number of alkyl halides is 3. The zero-order valence-corrected chi connectivity index (χ0v) is 21.8. The van der Waals surface area contributed by atoms with Crippen molar-refractivity contribution in [3.05, 3.63) is 74.8 Å². The topological polar surface area (TPSA) is 53.7 Å². The van der Waals surface area contributed by atoms with Crippen LogP contribution in [0, 0.1) is 0 Å². The summed E-state index contributed by atoms with van der Waals surface area (Å²) in [6.45, 7) is 5.00. The van der Waals surface area contributed by atoms with Crippen molar-refractivity contribution < 1.29 is 18.0 Å². The quantitative estimate of drug-likeness (QED) is 0.302. The summed E-state index contributed by atoms with van der Waals surface area (Å²) in [6.07, 6.45) is -3.86. The summed E-state index contributed by atoms with van der Waals surface area (Å²) in [5, 5.41) is 4.04. The second kappa shape index (κ2) is 9.95. The van der Waals surface area contributed by atoms with Gasteiger partial charge in [0.1, 0.15) is 0 Å². The summed E-state index contributed by atoms with van der Waals surface area (Å²) in [6, 6.07) is 14.0. The fourth-order valence-corrected chi connectivity index (χ4v) is 5.57. The number of rotatable bonds is 5. The lowest BCUT2D eigenvalue weighted by Gasteiger charge is -2.34. The molecule has 1 fully saturated rings. The summed E-state index contributed by atoms with van der Waals surface area (Å²) in [5.74, 6) is -0.389. The van der Waals surface area contributed by atoms with E-state index in [9.17, 15) is 18.0 Å². The third-order valence-corrected chi connectivity index (χ3v) is 8.24. The number of piperazine rings is 1. The molecule has 188 valence electrons. The number of nitrogens with zero attached hydrogens (tertiary/aromatic N) is 5. The molecule has 36 heavy (non-hydrogen) atoms. The number of fused-ring (bicyclic) bond motifs is 1. The lowest BCUT2D eigenvalue weighted by atomic mass is 10.2. The predicted octanol–water partition coefficient (Wildman–Crippen LogP) is 5.76. The number of thiophene rings is 1. The number of benzene rings is 1. The molecule has 5 rings (SSSR count). The van der Waals surface area contributed by atoms with Crippen LogP contribution in [0.3, 0.4) is 0 Å². The minimum atomic E-state index is -4.65. The van der Waals surface area contributed by atoms with Crippen molar-refractivity contribution >= 4 is 38.8 Å². The van der Waals surface area contributed by atoms with Crippen molar-refractivity contribution in [3.63, 3.8) is 0 Å². The predicted molar refractivity (Wildman–Crippen MR) is 136 cm³/mol. The molecule has 1 saturated heterocycles. The molecule has 1 aromatic carbocycles. The first-order chi connectivity index (χ1) is 17.2.